The van der Waals surface area contributed by atoms with E-state index in [0.29, 0.717) is 11.4 Å². The van der Waals surface area contributed by atoms with Crippen LogP contribution in [0.25, 0.3) is 10.9 Å². The molecule has 44 heavy (non-hydrogen) atoms. The molecule has 13 heteroatoms. The summed E-state index contributed by atoms with van der Waals surface area (Å²) in [4.78, 5) is 62.4. The molecular formula is C31H37N7O5S. The molecule has 2 aromatic heterocycles. The molecule has 4 aromatic rings. The number of aliphatic carboxylic acids is 1. The minimum absolute atomic E-state index is 0.0215. The van der Waals surface area contributed by atoms with Crippen LogP contribution in [0.3, 0.4) is 0 Å². The second-order valence-electron chi connectivity index (χ2n) is 10.4. The Labute approximate surface area is 259 Å². The monoisotopic (exact) mass is 619 g/mol. The smallest absolute Gasteiger partial charge is 0.326 e. The summed E-state index contributed by atoms with van der Waals surface area (Å²) in [6, 6.07) is 12.6. The van der Waals surface area contributed by atoms with Crippen molar-refractivity contribution in [1.82, 2.24) is 30.9 Å². The molecule has 0 fully saturated rings. The Balaban J connectivity index is 1.56. The van der Waals surface area contributed by atoms with E-state index in [0.717, 1.165) is 22.0 Å². The summed E-state index contributed by atoms with van der Waals surface area (Å²) in [7, 11) is 0. The van der Waals surface area contributed by atoms with Crippen molar-refractivity contribution in [2.75, 3.05) is 12.0 Å². The number of nitrogens with one attached hydrogen (secondary N) is 5. The number of imidazole rings is 1. The number of carboxylic acids is 1. The molecule has 0 bridgehead atoms. The van der Waals surface area contributed by atoms with E-state index in [1.54, 1.807) is 6.20 Å². The molecule has 0 spiro atoms. The van der Waals surface area contributed by atoms with Crippen LogP contribution in [0.5, 0.6) is 0 Å². The number of carbonyl (C=O) groups is 4. The van der Waals surface area contributed by atoms with Gasteiger partial charge < -0.3 is 36.8 Å². The summed E-state index contributed by atoms with van der Waals surface area (Å²) in [6.45, 7) is 0. The van der Waals surface area contributed by atoms with Crippen LogP contribution in [-0.4, -0.2) is 79.9 Å². The summed E-state index contributed by atoms with van der Waals surface area (Å²) >= 11 is 1.46. The van der Waals surface area contributed by atoms with Crippen LogP contribution >= 0.6 is 11.8 Å². The highest BCUT2D eigenvalue weighted by molar-refractivity contribution is 7.98. The number of carboxylic acid groups (broad SMARTS) is 1. The molecule has 2 aromatic carbocycles. The number of benzene rings is 2. The molecule has 2 heterocycles. The SMILES string of the molecule is CSCCC(NC(=O)C(Cc1cnc[nH]1)NC(=O)C(Cc1c[nH]c2ccccc12)NC(=O)C(N)Cc1ccccc1)C(=O)O. The normalized spacial score (nSPS) is 13.9. The van der Waals surface area contributed by atoms with Gasteiger partial charge in [-0.15, -0.1) is 0 Å². The fraction of sp³-hybridized carbons (Fsp3) is 0.323. The van der Waals surface area contributed by atoms with Crippen molar-refractivity contribution in [2.45, 2.75) is 49.9 Å². The van der Waals surface area contributed by atoms with Crippen molar-refractivity contribution in [3.05, 3.63) is 90.1 Å². The number of hydrogen-bond donors (Lipinski definition) is 7. The molecule has 0 aliphatic heterocycles. The number of hydrogen-bond acceptors (Lipinski definition) is 7. The highest BCUT2D eigenvalue weighted by Gasteiger charge is 2.31. The largest absolute Gasteiger partial charge is 0.480 e. The van der Waals surface area contributed by atoms with E-state index in [-0.39, 0.29) is 25.7 Å². The second-order valence-corrected chi connectivity index (χ2v) is 11.4. The van der Waals surface area contributed by atoms with Crippen molar-refractivity contribution < 1.29 is 24.3 Å². The van der Waals surface area contributed by atoms with Gasteiger partial charge in [0.1, 0.15) is 18.1 Å². The van der Waals surface area contributed by atoms with Crippen LogP contribution in [0, 0.1) is 0 Å². The molecule has 8 N–H and O–H groups in total. The maximum absolute atomic E-state index is 13.9. The Hall–Kier alpha value is -4.62. The van der Waals surface area contributed by atoms with Gasteiger partial charge in [-0.05, 0) is 42.0 Å². The van der Waals surface area contributed by atoms with Crippen molar-refractivity contribution >= 4 is 46.4 Å². The standard InChI is InChI=1S/C31H37N7O5S/c1-44-12-11-25(31(42)43)36-30(41)27(15-21-17-33-18-35-21)38-29(40)26(14-20-16-34-24-10-6-5-9-22(20)24)37-28(39)23(32)13-19-7-3-2-4-8-19/h2-10,16-18,23,25-27,34H,11-15,32H2,1H3,(H,33,35)(H,36,41)(H,37,39)(H,38,40)(H,42,43). The molecule has 0 saturated heterocycles. The quantitative estimate of drug-likeness (QED) is 0.0981. The first-order valence-electron chi connectivity index (χ1n) is 14.2. The number of aromatic amines is 2. The van der Waals surface area contributed by atoms with Gasteiger partial charge in [0, 0.05) is 41.8 Å². The zero-order chi connectivity index (χ0) is 31.5. The van der Waals surface area contributed by atoms with E-state index in [4.69, 9.17) is 5.73 Å². The summed E-state index contributed by atoms with van der Waals surface area (Å²) in [5.74, 6) is -2.45. The Morgan fingerprint density at radius 3 is 2.20 bits per heavy atom. The third-order valence-electron chi connectivity index (χ3n) is 7.20. The molecule has 4 rings (SSSR count). The molecular weight excluding hydrogens is 582 g/mol. The Morgan fingerprint density at radius 1 is 0.864 bits per heavy atom. The van der Waals surface area contributed by atoms with E-state index in [1.165, 1.54) is 24.3 Å². The molecule has 4 unspecified atom stereocenters. The van der Waals surface area contributed by atoms with E-state index >= 15 is 0 Å². The molecule has 0 saturated carbocycles. The minimum atomic E-state index is -1.17. The first-order valence-corrected chi connectivity index (χ1v) is 15.6. The van der Waals surface area contributed by atoms with Gasteiger partial charge in [-0.1, -0.05) is 48.5 Å². The van der Waals surface area contributed by atoms with Crippen molar-refractivity contribution in [2.24, 2.45) is 5.73 Å². The molecule has 4 atom stereocenters. The molecule has 0 radical (unpaired) electrons. The fourth-order valence-electron chi connectivity index (χ4n) is 4.83. The van der Waals surface area contributed by atoms with Gasteiger partial charge in [-0.2, -0.15) is 11.8 Å². The number of carbonyl (C=O) groups excluding carboxylic acids is 3. The maximum Gasteiger partial charge on any atom is 0.326 e. The summed E-state index contributed by atoms with van der Waals surface area (Å²) < 4.78 is 0. The lowest BCUT2D eigenvalue weighted by atomic mass is 10.0. The lowest BCUT2D eigenvalue weighted by molar-refractivity contribution is -0.142. The van der Waals surface area contributed by atoms with E-state index in [1.807, 2.05) is 60.9 Å². The number of para-hydroxylation sites is 1. The number of nitrogens with zero attached hydrogens (tertiary/aromatic N) is 1. The van der Waals surface area contributed by atoms with Crippen LogP contribution < -0.4 is 21.7 Å². The highest BCUT2D eigenvalue weighted by Crippen LogP contribution is 2.19. The lowest BCUT2D eigenvalue weighted by Crippen LogP contribution is -2.58. The zero-order valence-corrected chi connectivity index (χ0v) is 25.1. The predicted molar refractivity (Wildman–Crippen MR) is 169 cm³/mol. The van der Waals surface area contributed by atoms with Gasteiger partial charge in [-0.25, -0.2) is 9.78 Å². The van der Waals surface area contributed by atoms with Crippen LogP contribution in [0.4, 0.5) is 0 Å². The molecule has 0 aliphatic rings. The maximum atomic E-state index is 13.9. The second kappa shape index (κ2) is 15.7. The zero-order valence-electron chi connectivity index (χ0n) is 24.3. The van der Waals surface area contributed by atoms with Crippen molar-refractivity contribution in [1.29, 1.82) is 0 Å². The Kier molecular flexibility index (Phi) is 11.5. The van der Waals surface area contributed by atoms with Gasteiger partial charge in [0.05, 0.1) is 12.4 Å². The highest BCUT2D eigenvalue weighted by atomic mass is 32.2. The van der Waals surface area contributed by atoms with Crippen LogP contribution in [-0.2, 0) is 38.4 Å². The number of thioether (sulfide) groups is 1. The van der Waals surface area contributed by atoms with E-state index in [9.17, 15) is 24.3 Å². The third-order valence-corrected chi connectivity index (χ3v) is 7.85. The predicted octanol–water partition coefficient (Wildman–Crippen LogP) is 1.54. The van der Waals surface area contributed by atoms with Crippen LogP contribution in [0.15, 0.2) is 73.3 Å². The minimum Gasteiger partial charge on any atom is -0.480 e. The van der Waals surface area contributed by atoms with E-state index < -0.39 is 47.9 Å². The topological polar surface area (TPSA) is 195 Å². The van der Waals surface area contributed by atoms with Crippen molar-refractivity contribution in [3.8, 4) is 0 Å². The van der Waals surface area contributed by atoms with Gasteiger partial charge in [0.2, 0.25) is 17.7 Å². The van der Waals surface area contributed by atoms with Crippen LogP contribution in [0.1, 0.15) is 23.2 Å². The average Bonchev–Trinajstić information content (AvgIpc) is 3.69. The molecule has 0 aliphatic carbocycles. The van der Waals surface area contributed by atoms with Crippen molar-refractivity contribution in [3.63, 3.8) is 0 Å². The number of H-pyrrole nitrogens is 2. The average molecular weight is 620 g/mol. The molecule has 12 nitrogen and oxygen atoms in total. The summed E-state index contributed by atoms with van der Waals surface area (Å²) in [5, 5.41) is 18.6. The number of rotatable bonds is 16. The Morgan fingerprint density at radius 2 is 1.52 bits per heavy atom. The number of fused-ring (bicyclic) bond motifs is 1. The Bertz CT molecular complexity index is 1540. The first kappa shape index (κ1) is 32.3. The number of nitrogens with two attached hydrogens (primary N) is 1. The van der Waals surface area contributed by atoms with Gasteiger partial charge in [-0.3, -0.25) is 14.4 Å². The third kappa shape index (κ3) is 8.94. The van der Waals surface area contributed by atoms with Gasteiger partial charge >= 0.3 is 5.97 Å². The summed E-state index contributed by atoms with van der Waals surface area (Å²) in [5.41, 5.74) is 9.33. The van der Waals surface area contributed by atoms with Gasteiger partial charge in [0.25, 0.3) is 0 Å². The van der Waals surface area contributed by atoms with Gasteiger partial charge in [0.15, 0.2) is 0 Å². The number of aromatic nitrogens is 3. The number of amides is 3. The summed E-state index contributed by atoms with van der Waals surface area (Å²) in [6.07, 6.45) is 7.20. The van der Waals surface area contributed by atoms with Crippen LogP contribution in [0.2, 0.25) is 0 Å². The molecule has 232 valence electrons. The fourth-order valence-corrected chi connectivity index (χ4v) is 5.30. The first-order chi connectivity index (χ1) is 21.2. The molecule has 3 amide bonds. The lowest BCUT2D eigenvalue weighted by Gasteiger charge is -2.25. The van der Waals surface area contributed by atoms with E-state index in [2.05, 4.69) is 30.9 Å².